The normalized spacial score (nSPS) is 11.3. The second-order valence-corrected chi connectivity index (χ2v) is 5.65. The summed E-state index contributed by atoms with van der Waals surface area (Å²) >= 11 is 9.28. The number of nitrogens with zero attached hydrogens (tertiary/aromatic N) is 1. The van der Waals surface area contributed by atoms with Crippen molar-refractivity contribution in [3.63, 3.8) is 0 Å². The SMILES string of the molecule is Cc1ccc(C(=O)O/N=C(\N)c2ccc(Br)cc2)cc1Cl. The molecule has 2 rings (SSSR count). The second kappa shape index (κ2) is 6.74. The summed E-state index contributed by atoms with van der Waals surface area (Å²) in [6.45, 7) is 1.85. The van der Waals surface area contributed by atoms with E-state index in [0.717, 1.165) is 10.0 Å². The molecule has 21 heavy (non-hydrogen) atoms. The average molecular weight is 368 g/mol. The Balaban J connectivity index is 2.10. The maximum absolute atomic E-state index is 11.8. The van der Waals surface area contributed by atoms with Gasteiger partial charge in [0, 0.05) is 15.1 Å². The third-order valence-corrected chi connectivity index (χ3v) is 3.71. The van der Waals surface area contributed by atoms with Crippen LogP contribution in [0, 0.1) is 6.92 Å². The molecule has 0 unspecified atom stereocenters. The summed E-state index contributed by atoms with van der Waals surface area (Å²) < 4.78 is 0.922. The van der Waals surface area contributed by atoms with Gasteiger partial charge < -0.3 is 10.6 Å². The number of carbonyl (C=O) groups excluding carboxylic acids is 1. The maximum atomic E-state index is 11.8. The molecular formula is C15H12BrClN2O2. The summed E-state index contributed by atoms with van der Waals surface area (Å²) in [5.74, 6) is -0.494. The predicted octanol–water partition coefficient (Wildman–Crippen LogP) is 3.89. The molecule has 0 radical (unpaired) electrons. The second-order valence-electron chi connectivity index (χ2n) is 4.33. The Morgan fingerprint density at radius 2 is 1.81 bits per heavy atom. The number of nitrogens with two attached hydrogens (primary N) is 1. The summed E-state index contributed by atoms with van der Waals surface area (Å²) in [7, 11) is 0. The van der Waals surface area contributed by atoms with Gasteiger partial charge in [0.1, 0.15) is 0 Å². The first-order valence-corrected chi connectivity index (χ1v) is 7.21. The van der Waals surface area contributed by atoms with Crippen LogP contribution >= 0.6 is 27.5 Å². The van der Waals surface area contributed by atoms with Gasteiger partial charge in [-0.2, -0.15) is 0 Å². The molecule has 0 fully saturated rings. The van der Waals surface area contributed by atoms with Crippen molar-refractivity contribution in [3.8, 4) is 0 Å². The van der Waals surface area contributed by atoms with Gasteiger partial charge in [-0.15, -0.1) is 0 Å². The van der Waals surface area contributed by atoms with Gasteiger partial charge in [0.25, 0.3) is 0 Å². The third-order valence-electron chi connectivity index (χ3n) is 2.77. The number of aryl methyl sites for hydroxylation is 1. The molecule has 0 aliphatic rings. The lowest BCUT2D eigenvalue weighted by molar-refractivity contribution is 0.0516. The Hall–Kier alpha value is -1.85. The lowest BCUT2D eigenvalue weighted by Crippen LogP contribution is -2.15. The molecule has 0 atom stereocenters. The topological polar surface area (TPSA) is 64.7 Å². The van der Waals surface area contributed by atoms with Crippen molar-refractivity contribution in [2.75, 3.05) is 0 Å². The van der Waals surface area contributed by atoms with E-state index in [1.165, 1.54) is 6.07 Å². The van der Waals surface area contributed by atoms with Crippen molar-refractivity contribution in [2.45, 2.75) is 6.92 Å². The van der Waals surface area contributed by atoms with Gasteiger partial charge in [-0.3, -0.25) is 0 Å². The van der Waals surface area contributed by atoms with E-state index in [1.54, 1.807) is 24.3 Å². The third kappa shape index (κ3) is 4.06. The van der Waals surface area contributed by atoms with Crippen molar-refractivity contribution in [1.29, 1.82) is 0 Å². The standard InChI is InChI=1S/C15H12BrClN2O2/c1-9-2-3-11(8-13(9)17)15(20)21-19-14(18)10-4-6-12(16)7-5-10/h2-8H,1H3,(H2,18,19). The predicted molar refractivity (Wildman–Crippen MR) is 86.5 cm³/mol. The van der Waals surface area contributed by atoms with Crippen LogP contribution in [0.1, 0.15) is 21.5 Å². The highest BCUT2D eigenvalue weighted by molar-refractivity contribution is 9.10. The fraction of sp³-hybridized carbons (Fsp3) is 0.0667. The highest BCUT2D eigenvalue weighted by Gasteiger charge is 2.09. The first-order chi connectivity index (χ1) is 9.97. The number of benzene rings is 2. The van der Waals surface area contributed by atoms with E-state index in [1.807, 2.05) is 19.1 Å². The molecule has 2 N–H and O–H groups in total. The number of hydrogen-bond donors (Lipinski definition) is 1. The van der Waals surface area contributed by atoms with Gasteiger partial charge in [0.2, 0.25) is 0 Å². The minimum absolute atomic E-state index is 0.119. The van der Waals surface area contributed by atoms with Crippen molar-refractivity contribution in [1.82, 2.24) is 0 Å². The summed E-state index contributed by atoms with van der Waals surface area (Å²) in [6.07, 6.45) is 0. The van der Waals surface area contributed by atoms with Crippen LogP contribution in [0.3, 0.4) is 0 Å². The Bertz CT molecular complexity index is 699. The molecule has 0 spiro atoms. The van der Waals surface area contributed by atoms with Crippen molar-refractivity contribution < 1.29 is 9.63 Å². The summed E-state index contributed by atoms with van der Waals surface area (Å²) in [5.41, 5.74) is 7.62. The quantitative estimate of drug-likeness (QED) is 0.387. The molecule has 4 nitrogen and oxygen atoms in total. The van der Waals surface area contributed by atoms with Crippen LogP contribution in [0.5, 0.6) is 0 Å². The highest BCUT2D eigenvalue weighted by atomic mass is 79.9. The minimum atomic E-state index is -0.614. The number of oxime groups is 1. The largest absolute Gasteiger partial charge is 0.380 e. The smallest absolute Gasteiger partial charge is 0.365 e. The van der Waals surface area contributed by atoms with Gasteiger partial charge >= 0.3 is 5.97 Å². The van der Waals surface area contributed by atoms with E-state index in [9.17, 15) is 4.79 Å². The van der Waals surface area contributed by atoms with Crippen molar-refractivity contribution >= 4 is 39.3 Å². The van der Waals surface area contributed by atoms with Gasteiger partial charge in [-0.1, -0.05) is 50.9 Å². The number of rotatable bonds is 3. The van der Waals surface area contributed by atoms with Crippen LogP contribution in [0.2, 0.25) is 5.02 Å². The Morgan fingerprint density at radius 1 is 1.19 bits per heavy atom. The van der Waals surface area contributed by atoms with Crippen LogP contribution in [-0.4, -0.2) is 11.8 Å². The van der Waals surface area contributed by atoms with Crippen LogP contribution in [-0.2, 0) is 4.84 Å². The van der Waals surface area contributed by atoms with Crippen molar-refractivity contribution in [3.05, 3.63) is 68.7 Å². The Labute approximate surface area is 135 Å². The molecule has 0 aliphatic heterocycles. The monoisotopic (exact) mass is 366 g/mol. The summed E-state index contributed by atoms with van der Waals surface area (Å²) in [4.78, 5) is 16.7. The zero-order valence-corrected chi connectivity index (χ0v) is 13.5. The van der Waals surface area contributed by atoms with Crippen LogP contribution in [0.15, 0.2) is 52.1 Å². The van der Waals surface area contributed by atoms with E-state index in [-0.39, 0.29) is 5.84 Å². The molecule has 0 saturated heterocycles. The molecule has 108 valence electrons. The fourth-order valence-electron chi connectivity index (χ4n) is 1.54. The summed E-state index contributed by atoms with van der Waals surface area (Å²) in [5, 5.41) is 4.13. The average Bonchev–Trinajstić information content (AvgIpc) is 2.48. The number of carbonyl (C=O) groups is 1. The molecular weight excluding hydrogens is 356 g/mol. The summed E-state index contributed by atoms with van der Waals surface area (Å²) in [6, 6.07) is 12.1. The number of amidine groups is 1. The molecule has 0 amide bonds. The molecule has 2 aromatic carbocycles. The molecule has 2 aromatic rings. The van der Waals surface area contributed by atoms with Crippen LogP contribution in [0.25, 0.3) is 0 Å². The first-order valence-electron chi connectivity index (χ1n) is 6.04. The van der Waals surface area contributed by atoms with E-state index in [4.69, 9.17) is 22.2 Å². The highest BCUT2D eigenvalue weighted by Crippen LogP contribution is 2.17. The van der Waals surface area contributed by atoms with E-state index in [2.05, 4.69) is 21.1 Å². The molecule has 0 aliphatic carbocycles. The lowest BCUT2D eigenvalue weighted by atomic mass is 10.1. The molecule has 0 saturated carbocycles. The molecule has 0 bridgehead atoms. The zero-order valence-electron chi connectivity index (χ0n) is 11.1. The Kier molecular flexibility index (Phi) is 4.98. The zero-order chi connectivity index (χ0) is 15.4. The number of hydrogen-bond acceptors (Lipinski definition) is 3. The van der Waals surface area contributed by atoms with Crippen molar-refractivity contribution in [2.24, 2.45) is 10.9 Å². The molecule has 0 heterocycles. The Morgan fingerprint density at radius 3 is 2.43 bits per heavy atom. The van der Waals surface area contributed by atoms with Gasteiger partial charge in [0.05, 0.1) is 5.56 Å². The van der Waals surface area contributed by atoms with Gasteiger partial charge in [-0.25, -0.2) is 4.79 Å². The van der Waals surface area contributed by atoms with Crippen LogP contribution in [0.4, 0.5) is 0 Å². The van der Waals surface area contributed by atoms with E-state index in [0.29, 0.717) is 16.1 Å². The minimum Gasteiger partial charge on any atom is -0.380 e. The number of halogens is 2. The van der Waals surface area contributed by atoms with Gasteiger partial charge in [-0.05, 0) is 36.8 Å². The van der Waals surface area contributed by atoms with E-state index >= 15 is 0 Å². The van der Waals surface area contributed by atoms with Gasteiger partial charge in [0.15, 0.2) is 5.84 Å². The fourth-order valence-corrected chi connectivity index (χ4v) is 1.98. The van der Waals surface area contributed by atoms with Crippen LogP contribution < -0.4 is 5.73 Å². The van der Waals surface area contributed by atoms with E-state index < -0.39 is 5.97 Å². The maximum Gasteiger partial charge on any atom is 0.365 e. The molecule has 0 aromatic heterocycles. The first kappa shape index (κ1) is 15.5. The molecule has 6 heteroatoms. The lowest BCUT2D eigenvalue weighted by Gasteiger charge is -2.03.